The largest absolute Gasteiger partial charge is 0.407 e. The predicted octanol–water partition coefficient (Wildman–Crippen LogP) is 3.12. The molecule has 0 bridgehead atoms. The molecule has 10 heteroatoms. The van der Waals surface area contributed by atoms with Crippen molar-refractivity contribution in [3.05, 3.63) is 57.0 Å². The summed E-state index contributed by atoms with van der Waals surface area (Å²) in [5.74, 6) is -0.946. The lowest BCUT2D eigenvalue weighted by molar-refractivity contribution is 0.102. The normalized spacial score (nSPS) is 11.4. The maximum atomic E-state index is 12.2. The van der Waals surface area contributed by atoms with Crippen molar-refractivity contribution in [1.29, 1.82) is 0 Å². The zero-order valence-corrected chi connectivity index (χ0v) is 15.2. The zero-order chi connectivity index (χ0) is 17.2. The number of benzene rings is 1. The standard InChI is InChI=1S/C14H10BrN3O4S2/c15-11-7-6-10(23-11)13(19)16-14-18-17-12(22-14)8-24(20,21)9-4-2-1-3-5-9/h1-7H,8H2,(H,16,18,19). The van der Waals surface area contributed by atoms with Crippen molar-refractivity contribution in [2.75, 3.05) is 5.32 Å². The molecule has 3 rings (SSSR count). The molecule has 0 aliphatic carbocycles. The average molecular weight is 428 g/mol. The molecule has 1 N–H and O–H groups in total. The van der Waals surface area contributed by atoms with Crippen LogP contribution in [-0.2, 0) is 15.6 Å². The van der Waals surface area contributed by atoms with Gasteiger partial charge in [-0.05, 0) is 40.2 Å². The van der Waals surface area contributed by atoms with Crippen molar-refractivity contribution in [2.45, 2.75) is 10.6 Å². The third-order valence-electron chi connectivity index (χ3n) is 2.90. The Morgan fingerprint density at radius 1 is 1.17 bits per heavy atom. The molecule has 0 fully saturated rings. The van der Waals surface area contributed by atoms with Crippen molar-refractivity contribution in [3.8, 4) is 0 Å². The highest BCUT2D eigenvalue weighted by atomic mass is 79.9. The molecule has 7 nitrogen and oxygen atoms in total. The topological polar surface area (TPSA) is 102 Å². The lowest BCUT2D eigenvalue weighted by Crippen LogP contribution is -2.10. The van der Waals surface area contributed by atoms with E-state index in [2.05, 4.69) is 31.4 Å². The predicted molar refractivity (Wildman–Crippen MR) is 91.6 cm³/mol. The van der Waals surface area contributed by atoms with Crippen LogP contribution in [0.1, 0.15) is 15.6 Å². The van der Waals surface area contributed by atoms with Gasteiger partial charge in [0.25, 0.3) is 5.91 Å². The van der Waals surface area contributed by atoms with Crippen molar-refractivity contribution in [2.24, 2.45) is 0 Å². The van der Waals surface area contributed by atoms with Gasteiger partial charge in [0.15, 0.2) is 9.84 Å². The summed E-state index contributed by atoms with van der Waals surface area (Å²) in [5, 5.41) is 9.74. The van der Waals surface area contributed by atoms with E-state index in [9.17, 15) is 13.2 Å². The number of thiophene rings is 1. The Bertz CT molecular complexity index is 967. The molecule has 0 radical (unpaired) electrons. The molecule has 1 amide bonds. The molecule has 2 heterocycles. The molecule has 0 aliphatic heterocycles. The summed E-state index contributed by atoms with van der Waals surface area (Å²) >= 11 is 4.51. The van der Waals surface area contributed by atoms with Gasteiger partial charge >= 0.3 is 6.01 Å². The van der Waals surface area contributed by atoms with Crippen LogP contribution in [0.4, 0.5) is 6.01 Å². The van der Waals surface area contributed by atoms with Crippen LogP contribution in [0.25, 0.3) is 0 Å². The first-order chi connectivity index (χ1) is 11.4. The minimum atomic E-state index is -3.59. The lowest BCUT2D eigenvalue weighted by Gasteiger charge is -2.00. The average Bonchev–Trinajstić information content (AvgIpc) is 3.17. The minimum Gasteiger partial charge on any atom is -0.407 e. The van der Waals surface area contributed by atoms with E-state index in [1.165, 1.54) is 23.5 Å². The highest BCUT2D eigenvalue weighted by Gasteiger charge is 2.20. The monoisotopic (exact) mass is 427 g/mol. The molecule has 0 spiro atoms. The Hall–Kier alpha value is -2.04. The number of carbonyl (C=O) groups is 1. The Morgan fingerprint density at radius 2 is 1.92 bits per heavy atom. The van der Waals surface area contributed by atoms with Crippen LogP contribution in [0.3, 0.4) is 0 Å². The van der Waals surface area contributed by atoms with Gasteiger partial charge in [-0.1, -0.05) is 23.3 Å². The van der Waals surface area contributed by atoms with Crippen LogP contribution < -0.4 is 5.32 Å². The summed E-state index contributed by atoms with van der Waals surface area (Å²) in [6.45, 7) is 0. The van der Waals surface area contributed by atoms with E-state index in [0.29, 0.717) is 4.88 Å². The maximum Gasteiger partial charge on any atom is 0.322 e. The Morgan fingerprint density at radius 3 is 2.58 bits per heavy atom. The molecule has 0 saturated carbocycles. The minimum absolute atomic E-state index is 0.0958. The van der Waals surface area contributed by atoms with E-state index in [1.54, 1.807) is 30.3 Å². The molecule has 124 valence electrons. The summed E-state index contributed by atoms with van der Waals surface area (Å²) in [6, 6.07) is 11.2. The molecule has 0 aliphatic rings. The van der Waals surface area contributed by atoms with Crippen LogP contribution in [0.15, 0.2) is 55.6 Å². The van der Waals surface area contributed by atoms with E-state index < -0.39 is 21.5 Å². The molecule has 2 aromatic heterocycles. The van der Waals surface area contributed by atoms with Gasteiger partial charge in [-0.25, -0.2) is 8.42 Å². The number of carbonyl (C=O) groups excluding carboxylic acids is 1. The zero-order valence-electron chi connectivity index (χ0n) is 12.0. The van der Waals surface area contributed by atoms with Gasteiger partial charge in [0.2, 0.25) is 5.89 Å². The first kappa shape index (κ1) is 16.8. The fraction of sp³-hybridized carbons (Fsp3) is 0.0714. The van der Waals surface area contributed by atoms with Crippen LogP contribution in [-0.4, -0.2) is 24.5 Å². The van der Waals surface area contributed by atoms with Crippen molar-refractivity contribution >= 4 is 49.0 Å². The first-order valence-electron chi connectivity index (χ1n) is 6.61. The molecular formula is C14H10BrN3O4S2. The quantitative estimate of drug-likeness (QED) is 0.670. The number of anilines is 1. The number of hydrogen-bond donors (Lipinski definition) is 1. The van der Waals surface area contributed by atoms with Crippen molar-refractivity contribution in [1.82, 2.24) is 10.2 Å². The molecular weight excluding hydrogens is 418 g/mol. The molecule has 3 aromatic rings. The molecule has 0 unspecified atom stereocenters. The summed E-state index contributed by atoms with van der Waals surface area (Å²) in [5.41, 5.74) is 0. The van der Waals surface area contributed by atoms with E-state index >= 15 is 0 Å². The van der Waals surface area contributed by atoms with E-state index in [4.69, 9.17) is 4.42 Å². The van der Waals surface area contributed by atoms with Crippen LogP contribution in [0, 0.1) is 0 Å². The third-order valence-corrected chi connectivity index (χ3v) is 6.14. The molecule has 0 saturated heterocycles. The summed E-state index contributed by atoms with van der Waals surface area (Å²) in [4.78, 5) is 12.6. The van der Waals surface area contributed by atoms with Crippen LogP contribution in [0.5, 0.6) is 0 Å². The van der Waals surface area contributed by atoms with Crippen LogP contribution in [0.2, 0.25) is 0 Å². The van der Waals surface area contributed by atoms with Gasteiger partial charge in [-0.2, -0.15) is 0 Å². The SMILES string of the molecule is O=C(Nc1nnc(CS(=O)(=O)c2ccccc2)o1)c1ccc(Br)s1. The van der Waals surface area contributed by atoms with Gasteiger partial charge in [-0.15, -0.1) is 16.4 Å². The van der Waals surface area contributed by atoms with Crippen molar-refractivity contribution in [3.63, 3.8) is 0 Å². The van der Waals surface area contributed by atoms with Gasteiger partial charge < -0.3 is 4.42 Å². The molecule has 0 atom stereocenters. The first-order valence-corrected chi connectivity index (χ1v) is 9.87. The number of sulfone groups is 1. The number of nitrogens with one attached hydrogen (secondary N) is 1. The highest BCUT2D eigenvalue weighted by Crippen LogP contribution is 2.23. The van der Waals surface area contributed by atoms with Gasteiger partial charge in [0.05, 0.1) is 13.6 Å². The molecule has 24 heavy (non-hydrogen) atoms. The van der Waals surface area contributed by atoms with E-state index in [0.717, 1.165) is 3.79 Å². The fourth-order valence-corrected chi connectivity index (χ4v) is 4.29. The Labute approximate surface area is 149 Å². The summed E-state index contributed by atoms with van der Waals surface area (Å²) in [6.07, 6.45) is 0. The van der Waals surface area contributed by atoms with Crippen LogP contribution >= 0.6 is 27.3 Å². The third kappa shape index (κ3) is 3.89. The second-order valence-corrected chi connectivity index (χ2v) is 9.08. The molecule has 1 aromatic carbocycles. The number of nitrogens with zero attached hydrogens (tertiary/aromatic N) is 2. The smallest absolute Gasteiger partial charge is 0.322 e. The summed E-state index contributed by atoms with van der Waals surface area (Å²) < 4.78 is 30.5. The van der Waals surface area contributed by atoms with E-state index in [-0.39, 0.29) is 16.8 Å². The lowest BCUT2D eigenvalue weighted by atomic mass is 10.4. The second-order valence-electron chi connectivity index (χ2n) is 4.63. The van der Waals surface area contributed by atoms with Gasteiger partial charge in [-0.3, -0.25) is 10.1 Å². The number of amides is 1. The number of aromatic nitrogens is 2. The highest BCUT2D eigenvalue weighted by molar-refractivity contribution is 9.11. The Kier molecular flexibility index (Phi) is 4.78. The fourth-order valence-electron chi connectivity index (χ4n) is 1.83. The number of rotatable bonds is 5. The van der Waals surface area contributed by atoms with Crippen molar-refractivity contribution < 1.29 is 17.6 Å². The van der Waals surface area contributed by atoms with Gasteiger partial charge in [0, 0.05) is 0 Å². The Balaban J connectivity index is 1.71. The number of halogens is 1. The summed E-state index contributed by atoms with van der Waals surface area (Å²) in [7, 11) is -3.59. The van der Waals surface area contributed by atoms with E-state index in [1.807, 2.05) is 0 Å². The van der Waals surface area contributed by atoms with Gasteiger partial charge in [0.1, 0.15) is 5.75 Å². The second kappa shape index (κ2) is 6.83. The number of hydrogen-bond acceptors (Lipinski definition) is 7. The maximum absolute atomic E-state index is 12.2.